The molecule has 27 heavy (non-hydrogen) atoms. The highest BCUT2D eigenvalue weighted by Crippen LogP contribution is 2.23. The molecule has 3 unspecified atom stereocenters. The average Bonchev–Trinajstić information content (AvgIpc) is 2.93. The van der Waals surface area contributed by atoms with E-state index >= 15 is 0 Å². The lowest BCUT2D eigenvalue weighted by atomic mass is 10.0. The number of hydrogen-bond donors (Lipinski definition) is 4. The SMILES string of the molecule is C=S(=O)(NC(=O)C(N)CC(=O)O)c1cc(Cl)cs1.CC(=O)C(N)CC(C)C. The van der Waals surface area contributed by atoms with Gasteiger partial charge in [0.1, 0.15) is 9.99 Å². The molecule has 0 aromatic carbocycles. The standard InChI is InChI=1S/C9H11ClN2O4S2.C7H15NO/c1-18(16,8-2-5(10)4-17-8)12-9(15)6(11)3-7(13)14;1-5(2)4-7(8)6(3)9/h2,4,6H,1,3,11H2,(H,13,14)(H,12,15,16);5,7H,4,8H2,1-3H3. The van der Waals surface area contributed by atoms with E-state index in [2.05, 4.69) is 24.4 Å². The molecule has 154 valence electrons. The van der Waals surface area contributed by atoms with E-state index in [1.807, 2.05) is 0 Å². The van der Waals surface area contributed by atoms with Crippen molar-refractivity contribution in [2.75, 3.05) is 0 Å². The quantitative estimate of drug-likeness (QED) is 0.444. The van der Waals surface area contributed by atoms with Crippen molar-refractivity contribution in [1.82, 2.24) is 4.72 Å². The molecule has 0 aliphatic rings. The Morgan fingerprint density at radius 1 is 1.33 bits per heavy atom. The van der Waals surface area contributed by atoms with E-state index in [0.29, 0.717) is 15.1 Å². The van der Waals surface area contributed by atoms with Gasteiger partial charge in [0.25, 0.3) is 0 Å². The van der Waals surface area contributed by atoms with E-state index in [1.54, 1.807) is 5.38 Å². The normalized spacial score (nSPS) is 15.1. The fourth-order valence-corrected chi connectivity index (χ4v) is 4.36. The van der Waals surface area contributed by atoms with E-state index in [4.69, 9.17) is 28.2 Å². The number of ketones is 1. The fraction of sp³-hybridized carbons (Fsp3) is 0.500. The van der Waals surface area contributed by atoms with Crippen molar-refractivity contribution in [2.45, 2.75) is 49.9 Å². The number of amides is 1. The van der Waals surface area contributed by atoms with E-state index in [-0.39, 0.29) is 11.8 Å². The summed E-state index contributed by atoms with van der Waals surface area (Å²) < 4.78 is 14.5. The van der Waals surface area contributed by atoms with Gasteiger partial charge in [0.15, 0.2) is 0 Å². The van der Waals surface area contributed by atoms with Crippen LogP contribution in [0.25, 0.3) is 0 Å². The summed E-state index contributed by atoms with van der Waals surface area (Å²) in [6.45, 7) is 5.65. The lowest BCUT2D eigenvalue weighted by Crippen LogP contribution is -2.44. The van der Waals surface area contributed by atoms with Crippen molar-refractivity contribution in [3.05, 3.63) is 16.5 Å². The first kappa shape index (κ1) is 25.5. The van der Waals surface area contributed by atoms with E-state index in [1.165, 1.54) is 13.0 Å². The Morgan fingerprint density at radius 3 is 2.22 bits per heavy atom. The number of carbonyl (C=O) groups excluding carboxylic acids is 2. The Bertz CT molecular complexity index is 762. The highest BCUT2D eigenvalue weighted by molar-refractivity contribution is 8.00. The van der Waals surface area contributed by atoms with Crippen LogP contribution in [0.3, 0.4) is 0 Å². The minimum absolute atomic E-state index is 0.0868. The van der Waals surface area contributed by atoms with Gasteiger partial charge in [-0.3, -0.25) is 19.1 Å². The molecule has 1 heterocycles. The van der Waals surface area contributed by atoms with Crippen LogP contribution in [-0.2, 0) is 24.1 Å². The van der Waals surface area contributed by atoms with Gasteiger partial charge in [-0.05, 0) is 31.2 Å². The van der Waals surface area contributed by atoms with Crippen LogP contribution in [0.1, 0.15) is 33.6 Å². The van der Waals surface area contributed by atoms with Gasteiger partial charge < -0.3 is 16.6 Å². The number of nitrogens with one attached hydrogen (secondary N) is 1. The first-order valence-electron chi connectivity index (χ1n) is 7.92. The van der Waals surface area contributed by atoms with Crippen LogP contribution in [0.4, 0.5) is 0 Å². The third-order valence-electron chi connectivity index (χ3n) is 3.11. The maximum atomic E-state index is 12.1. The topological polar surface area (TPSA) is 153 Å². The third-order valence-corrected chi connectivity index (χ3v) is 6.58. The molecule has 6 N–H and O–H groups in total. The molecule has 1 amide bonds. The first-order chi connectivity index (χ1) is 12.3. The molecule has 0 spiro atoms. The number of carboxylic acid groups (broad SMARTS) is 1. The molecule has 0 aliphatic heterocycles. The van der Waals surface area contributed by atoms with Crippen LogP contribution in [0.15, 0.2) is 15.7 Å². The van der Waals surface area contributed by atoms with Crippen molar-refractivity contribution in [3.63, 3.8) is 0 Å². The molecular weight excluding hydrogens is 414 g/mol. The summed E-state index contributed by atoms with van der Waals surface area (Å²) in [5, 5.41) is 10.4. The summed E-state index contributed by atoms with van der Waals surface area (Å²) in [4.78, 5) is 32.5. The Labute approximate surface area is 168 Å². The summed E-state index contributed by atoms with van der Waals surface area (Å²) in [6.07, 6.45) is 0.252. The molecule has 0 fully saturated rings. The molecule has 1 rings (SSSR count). The number of thiophene rings is 1. The molecule has 0 aliphatic carbocycles. The van der Waals surface area contributed by atoms with Gasteiger partial charge in [0, 0.05) is 5.38 Å². The van der Waals surface area contributed by atoms with Gasteiger partial charge in [-0.25, -0.2) is 4.21 Å². The van der Waals surface area contributed by atoms with Crippen molar-refractivity contribution in [1.29, 1.82) is 0 Å². The van der Waals surface area contributed by atoms with Crippen molar-refractivity contribution >= 4 is 56.2 Å². The lowest BCUT2D eigenvalue weighted by Gasteiger charge is -2.12. The molecule has 3 atom stereocenters. The van der Waals surface area contributed by atoms with Crippen LogP contribution in [0.5, 0.6) is 0 Å². The number of rotatable bonds is 8. The number of nitrogens with two attached hydrogens (primary N) is 2. The molecule has 1 aromatic rings. The zero-order chi connectivity index (χ0) is 21.4. The average molecular weight is 440 g/mol. The Hall–Kier alpha value is -1.46. The van der Waals surface area contributed by atoms with Crippen molar-refractivity contribution in [2.24, 2.45) is 17.4 Å². The fourth-order valence-electron chi connectivity index (χ4n) is 1.71. The Kier molecular flexibility index (Phi) is 10.8. The first-order valence-corrected chi connectivity index (χ1v) is 10.9. The minimum atomic E-state index is -3.06. The maximum absolute atomic E-state index is 12.1. The molecule has 8 nitrogen and oxygen atoms in total. The number of aliphatic carboxylic acids is 1. The van der Waals surface area contributed by atoms with Crippen molar-refractivity contribution < 1.29 is 23.7 Å². The number of hydrogen-bond acceptors (Lipinski definition) is 7. The summed E-state index contributed by atoms with van der Waals surface area (Å²) in [6, 6.07) is -0.101. The van der Waals surface area contributed by atoms with E-state index in [0.717, 1.165) is 17.8 Å². The molecular formula is C16H26ClN3O5S2. The van der Waals surface area contributed by atoms with Gasteiger partial charge in [-0.2, -0.15) is 0 Å². The summed E-state index contributed by atoms with van der Waals surface area (Å²) in [7, 11) is -3.06. The molecule has 0 saturated carbocycles. The number of carbonyl (C=O) groups is 3. The van der Waals surface area contributed by atoms with E-state index < -0.39 is 34.0 Å². The summed E-state index contributed by atoms with van der Waals surface area (Å²) >= 11 is 6.76. The second-order valence-corrected chi connectivity index (χ2v) is 9.88. The third kappa shape index (κ3) is 10.5. The molecule has 0 saturated heterocycles. The Morgan fingerprint density at radius 2 is 1.89 bits per heavy atom. The highest BCUT2D eigenvalue weighted by Gasteiger charge is 2.21. The van der Waals surface area contributed by atoms with Crippen LogP contribution < -0.4 is 16.2 Å². The summed E-state index contributed by atoms with van der Waals surface area (Å²) in [5.41, 5.74) is 10.8. The number of halogens is 1. The second-order valence-electron chi connectivity index (χ2n) is 6.28. The zero-order valence-corrected chi connectivity index (χ0v) is 17.8. The van der Waals surface area contributed by atoms with Crippen molar-refractivity contribution in [3.8, 4) is 0 Å². The smallest absolute Gasteiger partial charge is 0.305 e. The van der Waals surface area contributed by atoms with Gasteiger partial charge in [-0.1, -0.05) is 25.4 Å². The van der Waals surface area contributed by atoms with Crippen LogP contribution in [-0.4, -0.2) is 44.9 Å². The highest BCUT2D eigenvalue weighted by atomic mass is 35.5. The summed E-state index contributed by atoms with van der Waals surface area (Å²) in [5.74, 6) is 1.96. The number of Topliss-reactive ketones (excluding diaryl/α,β-unsaturated/α-hetero) is 1. The largest absolute Gasteiger partial charge is 0.481 e. The van der Waals surface area contributed by atoms with Gasteiger partial charge in [0.05, 0.1) is 33.2 Å². The van der Waals surface area contributed by atoms with Crippen LogP contribution >= 0.6 is 22.9 Å². The zero-order valence-electron chi connectivity index (χ0n) is 15.4. The molecule has 11 heteroatoms. The number of carboxylic acids is 1. The van der Waals surface area contributed by atoms with E-state index in [9.17, 15) is 18.6 Å². The lowest BCUT2D eigenvalue weighted by molar-refractivity contribution is -0.139. The van der Waals surface area contributed by atoms with Gasteiger partial charge in [-0.15, -0.1) is 11.3 Å². The molecule has 0 radical (unpaired) electrons. The van der Waals surface area contributed by atoms with Crippen LogP contribution in [0.2, 0.25) is 5.02 Å². The van der Waals surface area contributed by atoms with Gasteiger partial charge >= 0.3 is 5.97 Å². The molecule has 1 aromatic heterocycles. The van der Waals surface area contributed by atoms with Gasteiger partial charge in [0.2, 0.25) is 5.91 Å². The Balaban J connectivity index is 0.000000636. The second kappa shape index (κ2) is 11.4. The predicted octanol–water partition coefficient (Wildman–Crippen LogP) is 1.26. The van der Waals surface area contributed by atoms with Crippen LogP contribution in [0, 0.1) is 5.92 Å². The maximum Gasteiger partial charge on any atom is 0.305 e. The predicted molar refractivity (Wildman–Crippen MR) is 109 cm³/mol. The molecule has 0 bridgehead atoms. The monoisotopic (exact) mass is 439 g/mol. The minimum Gasteiger partial charge on any atom is -0.481 e.